The normalized spacial score (nSPS) is 26.0. The van der Waals surface area contributed by atoms with E-state index in [0.29, 0.717) is 0 Å². The molecular formula is C24H42. The maximum atomic E-state index is 2.32. The van der Waals surface area contributed by atoms with E-state index >= 15 is 0 Å². The van der Waals surface area contributed by atoms with Crippen LogP contribution in [0.15, 0.2) is 36.5 Å². The lowest BCUT2D eigenvalue weighted by Crippen LogP contribution is -1.84. The molecule has 0 atom stereocenters. The molecule has 0 aromatic carbocycles. The summed E-state index contributed by atoms with van der Waals surface area (Å²) in [4.78, 5) is 0. The lowest BCUT2D eigenvalue weighted by atomic mass is 10.0. The van der Waals surface area contributed by atoms with Gasteiger partial charge in [0.05, 0.1) is 0 Å². The molecular weight excluding hydrogens is 288 g/mol. The highest BCUT2D eigenvalue weighted by molar-refractivity contribution is 5.10. The second-order valence-electron chi connectivity index (χ2n) is 7.48. The fourth-order valence-corrected chi connectivity index (χ4v) is 3.48. The van der Waals surface area contributed by atoms with Crippen LogP contribution in [0.25, 0.3) is 0 Å². The minimum Gasteiger partial charge on any atom is -0.0845 e. The van der Waals surface area contributed by atoms with Crippen LogP contribution in [0.1, 0.15) is 116 Å². The second-order valence-corrected chi connectivity index (χ2v) is 7.48. The predicted molar refractivity (Wildman–Crippen MR) is 111 cm³/mol. The van der Waals surface area contributed by atoms with Gasteiger partial charge in [-0.2, -0.15) is 0 Å². The third kappa shape index (κ3) is 16.1. The zero-order valence-electron chi connectivity index (χ0n) is 16.2. The van der Waals surface area contributed by atoms with Crippen LogP contribution in [0.5, 0.6) is 0 Å². The Kier molecular flexibility index (Phi) is 16.4. The molecule has 0 heterocycles. The molecule has 0 aliphatic heterocycles. The summed E-state index contributed by atoms with van der Waals surface area (Å²) in [5, 5.41) is 0. The lowest BCUT2D eigenvalue weighted by molar-refractivity contribution is 0.528. The lowest BCUT2D eigenvalue weighted by Gasteiger charge is -2.03. The molecule has 0 unspecified atom stereocenters. The summed E-state index contributed by atoms with van der Waals surface area (Å²) in [6, 6.07) is 0. The van der Waals surface area contributed by atoms with Crippen molar-refractivity contribution in [2.45, 2.75) is 116 Å². The second kappa shape index (κ2) is 18.6. The quantitative estimate of drug-likeness (QED) is 0.416. The topological polar surface area (TPSA) is 0 Å². The van der Waals surface area contributed by atoms with Gasteiger partial charge < -0.3 is 0 Å². The largest absolute Gasteiger partial charge is 0.0845 e. The molecule has 0 heteroatoms. The van der Waals surface area contributed by atoms with Crippen molar-refractivity contribution in [2.75, 3.05) is 0 Å². The Labute approximate surface area is 152 Å². The predicted octanol–water partition coefficient (Wildman–Crippen LogP) is 8.69. The van der Waals surface area contributed by atoms with Gasteiger partial charge in [0, 0.05) is 0 Å². The first-order valence-corrected chi connectivity index (χ1v) is 11.0. The van der Waals surface area contributed by atoms with Gasteiger partial charge in [-0.05, 0) is 25.7 Å². The van der Waals surface area contributed by atoms with Crippen molar-refractivity contribution < 1.29 is 0 Å². The van der Waals surface area contributed by atoms with Crippen LogP contribution in [-0.2, 0) is 0 Å². The molecule has 0 amide bonds. The summed E-state index contributed by atoms with van der Waals surface area (Å²) in [5.41, 5.74) is 0. The van der Waals surface area contributed by atoms with E-state index in [9.17, 15) is 0 Å². The Bertz CT molecular complexity index is 289. The van der Waals surface area contributed by atoms with Gasteiger partial charge in [0.1, 0.15) is 0 Å². The monoisotopic (exact) mass is 330 g/mol. The molecule has 0 radical (unpaired) electrons. The summed E-state index contributed by atoms with van der Waals surface area (Å²) in [6.45, 7) is 0. The van der Waals surface area contributed by atoms with Crippen LogP contribution >= 0.6 is 0 Å². The van der Waals surface area contributed by atoms with Crippen LogP contribution in [-0.4, -0.2) is 0 Å². The Hall–Kier alpha value is -0.780. The Morgan fingerprint density at radius 2 is 0.500 bits per heavy atom. The van der Waals surface area contributed by atoms with Gasteiger partial charge in [-0.1, -0.05) is 126 Å². The highest BCUT2D eigenvalue weighted by Gasteiger charge is 1.94. The minimum absolute atomic E-state index is 1.24. The van der Waals surface area contributed by atoms with Crippen LogP contribution in [0.2, 0.25) is 0 Å². The van der Waals surface area contributed by atoms with Crippen LogP contribution in [0.4, 0.5) is 0 Å². The molecule has 0 spiro atoms. The smallest absolute Gasteiger partial charge is 0.0348 e. The zero-order chi connectivity index (χ0) is 17.0. The summed E-state index contributed by atoms with van der Waals surface area (Å²) in [5.74, 6) is 0. The van der Waals surface area contributed by atoms with Crippen molar-refractivity contribution in [3.8, 4) is 0 Å². The van der Waals surface area contributed by atoms with Crippen LogP contribution in [0, 0.1) is 0 Å². The molecule has 0 saturated heterocycles. The van der Waals surface area contributed by atoms with Crippen molar-refractivity contribution in [1.82, 2.24) is 0 Å². The maximum Gasteiger partial charge on any atom is -0.0348 e. The van der Waals surface area contributed by atoms with Gasteiger partial charge >= 0.3 is 0 Å². The zero-order valence-corrected chi connectivity index (χ0v) is 16.2. The van der Waals surface area contributed by atoms with E-state index in [4.69, 9.17) is 0 Å². The van der Waals surface area contributed by atoms with E-state index in [-0.39, 0.29) is 0 Å². The van der Waals surface area contributed by atoms with Gasteiger partial charge in [-0.15, -0.1) is 0 Å². The van der Waals surface area contributed by atoms with Crippen LogP contribution in [0.3, 0.4) is 0 Å². The van der Waals surface area contributed by atoms with Crippen LogP contribution < -0.4 is 0 Å². The molecule has 0 bridgehead atoms. The van der Waals surface area contributed by atoms with Crippen molar-refractivity contribution in [3.63, 3.8) is 0 Å². The van der Waals surface area contributed by atoms with Gasteiger partial charge in [0.2, 0.25) is 0 Å². The first kappa shape index (κ1) is 21.3. The van der Waals surface area contributed by atoms with Crippen molar-refractivity contribution in [2.24, 2.45) is 0 Å². The molecule has 0 fully saturated rings. The van der Waals surface area contributed by atoms with Crippen molar-refractivity contribution in [1.29, 1.82) is 0 Å². The minimum atomic E-state index is 1.24. The van der Waals surface area contributed by atoms with E-state index in [1.165, 1.54) is 116 Å². The number of rotatable bonds is 0. The first-order valence-electron chi connectivity index (χ1n) is 11.0. The van der Waals surface area contributed by atoms with E-state index < -0.39 is 0 Å². The standard InChI is InChI=1S/C24H42/c1-2-4-6-8-10-12-14-16-18-20-22-24-23-21-19-17-15-13-11-9-7-5-3-1/h1-6H,7-24H2/b2-1+,5-3-,6-4+. The highest BCUT2D eigenvalue weighted by atomic mass is 14.0. The number of allylic oxidation sites excluding steroid dienone is 6. The molecule has 24 heavy (non-hydrogen) atoms. The Morgan fingerprint density at radius 3 is 0.792 bits per heavy atom. The van der Waals surface area contributed by atoms with Gasteiger partial charge in [-0.25, -0.2) is 0 Å². The van der Waals surface area contributed by atoms with E-state index in [2.05, 4.69) is 36.5 Å². The molecule has 1 aliphatic carbocycles. The summed E-state index contributed by atoms with van der Waals surface area (Å²) < 4.78 is 0. The first-order chi connectivity index (χ1) is 12.0. The molecule has 138 valence electrons. The molecule has 0 aromatic heterocycles. The average molecular weight is 331 g/mol. The number of hydrogen-bond acceptors (Lipinski definition) is 0. The third-order valence-electron chi connectivity index (χ3n) is 5.10. The Morgan fingerprint density at radius 1 is 0.250 bits per heavy atom. The highest BCUT2D eigenvalue weighted by Crippen LogP contribution is 2.14. The molecule has 0 saturated carbocycles. The number of hydrogen-bond donors (Lipinski definition) is 0. The fraction of sp³-hybridized carbons (Fsp3) is 0.750. The SMILES string of the molecule is C1=C\CCCCCCCCCCCCCCCCCC/C=C/C=C/1. The molecule has 0 aromatic rings. The van der Waals surface area contributed by atoms with E-state index in [1.807, 2.05) is 0 Å². The Balaban J connectivity index is 2.15. The molecule has 1 rings (SSSR count). The average Bonchev–Trinajstić information content (AvgIpc) is 2.59. The maximum absolute atomic E-state index is 2.32. The van der Waals surface area contributed by atoms with Crippen molar-refractivity contribution in [3.05, 3.63) is 36.5 Å². The molecule has 0 nitrogen and oxygen atoms in total. The summed E-state index contributed by atoms with van der Waals surface area (Å²) in [6.07, 6.45) is 39.0. The third-order valence-corrected chi connectivity index (χ3v) is 5.10. The summed E-state index contributed by atoms with van der Waals surface area (Å²) >= 11 is 0. The van der Waals surface area contributed by atoms with E-state index in [0.717, 1.165) is 0 Å². The van der Waals surface area contributed by atoms with Crippen molar-refractivity contribution >= 4 is 0 Å². The van der Waals surface area contributed by atoms with E-state index in [1.54, 1.807) is 0 Å². The fourth-order valence-electron chi connectivity index (χ4n) is 3.48. The van der Waals surface area contributed by atoms with Gasteiger partial charge in [0.15, 0.2) is 0 Å². The summed E-state index contributed by atoms with van der Waals surface area (Å²) in [7, 11) is 0. The molecule has 1 aliphatic rings. The van der Waals surface area contributed by atoms with Gasteiger partial charge in [0.25, 0.3) is 0 Å². The molecule has 0 N–H and O–H groups in total. The van der Waals surface area contributed by atoms with Gasteiger partial charge in [-0.3, -0.25) is 0 Å².